The van der Waals surface area contributed by atoms with Gasteiger partial charge in [0.05, 0.1) is 5.41 Å². The van der Waals surface area contributed by atoms with E-state index in [0.717, 1.165) is 19.3 Å². The number of ketones is 1. The van der Waals surface area contributed by atoms with Gasteiger partial charge >= 0.3 is 0 Å². The SMILES string of the molecule is CC(C)c1ccc2cc3c(cc2c1)C1(CC2C=CC1C2)C(=O)CC3. The normalized spacial score (nSPS) is 30.7. The van der Waals surface area contributed by atoms with E-state index in [9.17, 15) is 4.79 Å². The van der Waals surface area contributed by atoms with Crippen LogP contribution in [0.4, 0.5) is 0 Å². The Hall–Kier alpha value is -1.89. The average molecular weight is 316 g/mol. The Morgan fingerprint density at radius 1 is 1.04 bits per heavy atom. The second kappa shape index (κ2) is 4.81. The molecule has 1 heteroatoms. The Labute approximate surface area is 143 Å². The fourth-order valence-electron chi connectivity index (χ4n) is 5.45. The molecule has 3 aliphatic rings. The van der Waals surface area contributed by atoms with Crippen molar-refractivity contribution in [1.82, 2.24) is 0 Å². The summed E-state index contributed by atoms with van der Waals surface area (Å²) in [6.45, 7) is 4.48. The molecule has 0 radical (unpaired) electrons. The van der Waals surface area contributed by atoms with E-state index in [0.29, 0.717) is 23.5 Å². The number of allylic oxidation sites excluding steroid dienone is 2. The van der Waals surface area contributed by atoms with E-state index < -0.39 is 0 Å². The first-order valence-corrected chi connectivity index (χ1v) is 9.36. The second-order valence-corrected chi connectivity index (χ2v) is 8.36. The van der Waals surface area contributed by atoms with Gasteiger partial charge in [0, 0.05) is 6.42 Å². The molecule has 0 aromatic heterocycles. The Morgan fingerprint density at radius 2 is 1.92 bits per heavy atom. The smallest absolute Gasteiger partial charge is 0.144 e. The van der Waals surface area contributed by atoms with E-state index in [1.54, 1.807) is 0 Å². The molecule has 1 spiro atoms. The molecule has 0 heterocycles. The molecule has 0 aliphatic heterocycles. The summed E-state index contributed by atoms with van der Waals surface area (Å²) in [4.78, 5) is 13.0. The maximum atomic E-state index is 13.0. The summed E-state index contributed by atoms with van der Waals surface area (Å²) >= 11 is 0. The molecular weight excluding hydrogens is 292 g/mol. The van der Waals surface area contributed by atoms with Gasteiger partial charge in [-0.05, 0) is 70.5 Å². The summed E-state index contributed by atoms with van der Waals surface area (Å²) < 4.78 is 0. The van der Waals surface area contributed by atoms with Crippen LogP contribution in [-0.2, 0) is 16.6 Å². The van der Waals surface area contributed by atoms with Crippen molar-refractivity contribution < 1.29 is 4.79 Å². The number of hydrogen-bond donors (Lipinski definition) is 0. The average Bonchev–Trinajstić information content (AvgIpc) is 3.18. The third kappa shape index (κ3) is 1.79. The zero-order valence-corrected chi connectivity index (χ0v) is 14.5. The summed E-state index contributed by atoms with van der Waals surface area (Å²) in [7, 11) is 0. The van der Waals surface area contributed by atoms with Crippen molar-refractivity contribution in [2.45, 2.75) is 50.9 Å². The lowest BCUT2D eigenvalue weighted by Gasteiger charge is -2.39. The number of aryl methyl sites for hydroxylation is 1. The largest absolute Gasteiger partial charge is 0.299 e. The van der Waals surface area contributed by atoms with Crippen LogP contribution >= 0.6 is 0 Å². The van der Waals surface area contributed by atoms with Gasteiger partial charge in [-0.2, -0.15) is 0 Å². The number of hydrogen-bond acceptors (Lipinski definition) is 1. The molecule has 0 saturated heterocycles. The van der Waals surface area contributed by atoms with Crippen LogP contribution in [0.15, 0.2) is 42.5 Å². The molecule has 3 unspecified atom stereocenters. The van der Waals surface area contributed by atoms with Crippen LogP contribution < -0.4 is 0 Å². The summed E-state index contributed by atoms with van der Waals surface area (Å²) in [6.07, 6.45) is 8.52. The highest BCUT2D eigenvalue weighted by atomic mass is 16.1. The van der Waals surface area contributed by atoms with Crippen molar-refractivity contribution in [3.63, 3.8) is 0 Å². The third-order valence-corrected chi connectivity index (χ3v) is 6.74. The van der Waals surface area contributed by atoms with Crippen molar-refractivity contribution in [2.75, 3.05) is 0 Å². The van der Waals surface area contributed by atoms with Crippen LogP contribution in [-0.4, -0.2) is 5.78 Å². The highest BCUT2D eigenvalue weighted by Crippen LogP contribution is 2.57. The zero-order chi connectivity index (χ0) is 16.5. The van der Waals surface area contributed by atoms with Crippen LogP contribution in [0.5, 0.6) is 0 Å². The predicted molar refractivity (Wildman–Crippen MR) is 98.4 cm³/mol. The molecule has 3 atom stereocenters. The van der Waals surface area contributed by atoms with E-state index in [-0.39, 0.29) is 5.41 Å². The van der Waals surface area contributed by atoms with E-state index in [1.807, 2.05) is 0 Å². The number of fused-ring (bicyclic) bond motifs is 6. The van der Waals surface area contributed by atoms with Crippen molar-refractivity contribution >= 4 is 16.6 Å². The fraction of sp³-hybridized carbons (Fsp3) is 0.435. The minimum absolute atomic E-state index is 0.213. The number of carbonyl (C=O) groups is 1. The van der Waals surface area contributed by atoms with Crippen molar-refractivity contribution in [2.24, 2.45) is 11.8 Å². The van der Waals surface area contributed by atoms with E-state index in [4.69, 9.17) is 0 Å². The summed E-state index contributed by atoms with van der Waals surface area (Å²) in [5.41, 5.74) is 3.94. The maximum absolute atomic E-state index is 13.0. The van der Waals surface area contributed by atoms with Crippen LogP contribution in [0, 0.1) is 11.8 Å². The first kappa shape index (κ1) is 14.5. The van der Waals surface area contributed by atoms with Crippen LogP contribution in [0.1, 0.15) is 55.7 Å². The third-order valence-electron chi connectivity index (χ3n) is 6.74. The molecule has 3 aliphatic carbocycles. The lowest BCUT2D eigenvalue weighted by molar-refractivity contribution is -0.126. The van der Waals surface area contributed by atoms with Gasteiger partial charge in [0.15, 0.2) is 0 Å². The Bertz CT molecular complexity index is 888. The Kier molecular flexibility index (Phi) is 2.90. The standard InChI is InChI=1S/C23H24O/c1-14(2)16-4-5-17-11-18-6-8-22(24)23(21(18)12-19(17)10-16)13-15-3-7-20(23)9-15/h3-5,7,10-12,14-15,20H,6,8-9,13H2,1-2H3. The fourth-order valence-corrected chi connectivity index (χ4v) is 5.45. The molecule has 24 heavy (non-hydrogen) atoms. The summed E-state index contributed by atoms with van der Waals surface area (Å²) in [6, 6.07) is 11.6. The molecule has 122 valence electrons. The topological polar surface area (TPSA) is 17.1 Å². The molecule has 1 fully saturated rings. The van der Waals surface area contributed by atoms with Gasteiger partial charge in [-0.3, -0.25) is 4.79 Å². The van der Waals surface area contributed by atoms with Gasteiger partial charge in [-0.15, -0.1) is 0 Å². The first-order chi connectivity index (χ1) is 11.6. The minimum atomic E-state index is -0.213. The summed E-state index contributed by atoms with van der Waals surface area (Å²) in [5.74, 6) is 2.07. The molecule has 2 aromatic carbocycles. The number of rotatable bonds is 1. The van der Waals surface area contributed by atoms with Crippen LogP contribution in [0.2, 0.25) is 0 Å². The van der Waals surface area contributed by atoms with E-state index in [1.165, 1.54) is 33.9 Å². The highest BCUT2D eigenvalue weighted by Gasteiger charge is 2.55. The minimum Gasteiger partial charge on any atom is -0.299 e. The van der Waals surface area contributed by atoms with Crippen LogP contribution in [0.25, 0.3) is 10.8 Å². The van der Waals surface area contributed by atoms with Gasteiger partial charge in [0.1, 0.15) is 5.78 Å². The molecule has 0 N–H and O–H groups in total. The number of carbonyl (C=O) groups excluding carboxylic acids is 1. The van der Waals surface area contributed by atoms with Gasteiger partial charge in [-0.1, -0.05) is 50.3 Å². The van der Waals surface area contributed by atoms with Gasteiger partial charge < -0.3 is 0 Å². The monoisotopic (exact) mass is 316 g/mol. The predicted octanol–water partition coefficient (Wildman–Crippen LogP) is 5.31. The van der Waals surface area contributed by atoms with Gasteiger partial charge in [0.25, 0.3) is 0 Å². The first-order valence-electron chi connectivity index (χ1n) is 9.36. The lowest BCUT2D eigenvalue weighted by atomic mass is 9.62. The summed E-state index contributed by atoms with van der Waals surface area (Å²) in [5, 5.41) is 2.63. The lowest BCUT2D eigenvalue weighted by Crippen LogP contribution is -2.43. The molecule has 2 bridgehead atoms. The molecule has 2 aromatic rings. The Balaban J connectivity index is 1.75. The molecule has 1 nitrogen and oxygen atoms in total. The number of benzene rings is 2. The van der Waals surface area contributed by atoms with E-state index >= 15 is 0 Å². The maximum Gasteiger partial charge on any atom is 0.144 e. The van der Waals surface area contributed by atoms with Gasteiger partial charge in [0.2, 0.25) is 0 Å². The van der Waals surface area contributed by atoms with Crippen molar-refractivity contribution in [3.8, 4) is 0 Å². The van der Waals surface area contributed by atoms with Gasteiger partial charge in [-0.25, -0.2) is 0 Å². The molecule has 5 rings (SSSR count). The molecule has 1 saturated carbocycles. The zero-order valence-electron chi connectivity index (χ0n) is 14.5. The Morgan fingerprint density at radius 3 is 2.62 bits per heavy atom. The van der Waals surface area contributed by atoms with Crippen molar-refractivity contribution in [1.29, 1.82) is 0 Å². The molecule has 0 amide bonds. The second-order valence-electron chi connectivity index (χ2n) is 8.36. The van der Waals surface area contributed by atoms with Crippen molar-refractivity contribution in [3.05, 3.63) is 59.2 Å². The van der Waals surface area contributed by atoms with Crippen LogP contribution in [0.3, 0.4) is 0 Å². The molecular formula is C23H24O. The quantitative estimate of drug-likeness (QED) is 0.651. The highest BCUT2D eigenvalue weighted by molar-refractivity contribution is 5.96. The number of Topliss-reactive ketones (excluding diaryl/α,β-unsaturated/α-hetero) is 1. The van der Waals surface area contributed by atoms with E-state index in [2.05, 4.69) is 56.3 Å².